The largest absolute Gasteiger partial charge is 0.497 e. The molecule has 2 N–H and O–H groups in total. The first kappa shape index (κ1) is 24.3. The zero-order valence-corrected chi connectivity index (χ0v) is 20.3. The maximum Gasteiger partial charge on any atom is 0.341 e. The van der Waals surface area contributed by atoms with Gasteiger partial charge < -0.3 is 24.8 Å². The van der Waals surface area contributed by atoms with Crippen LogP contribution in [0.4, 0.5) is 10.7 Å². The average Bonchev–Trinajstić information content (AvgIpc) is 3.41. The Morgan fingerprint density at radius 3 is 2.48 bits per heavy atom. The number of ether oxygens (including phenoxy) is 3. The third-order valence-electron chi connectivity index (χ3n) is 4.66. The van der Waals surface area contributed by atoms with E-state index >= 15 is 0 Å². The van der Waals surface area contributed by atoms with Crippen molar-refractivity contribution < 1.29 is 28.6 Å². The van der Waals surface area contributed by atoms with E-state index in [2.05, 4.69) is 10.6 Å². The molecule has 2 heterocycles. The second kappa shape index (κ2) is 11.0. The van der Waals surface area contributed by atoms with Gasteiger partial charge in [0.05, 0.1) is 43.4 Å². The van der Waals surface area contributed by atoms with Crippen LogP contribution in [0.2, 0.25) is 0 Å². The highest BCUT2D eigenvalue weighted by Crippen LogP contribution is 2.36. The van der Waals surface area contributed by atoms with Crippen molar-refractivity contribution in [3.05, 3.63) is 56.6 Å². The molecule has 0 fully saturated rings. The van der Waals surface area contributed by atoms with E-state index < -0.39 is 11.9 Å². The van der Waals surface area contributed by atoms with Crippen molar-refractivity contribution in [2.45, 2.75) is 20.3 Å². The van der Waals surface area contributed by atoms with Gasteiger partial charge in [0.2, 0.25) is 5.91 Å². The number of methoxy groups -OCH3 is 2. The summed E-state index contributed by atoms with van der Waals surface area (Å²) in [5, 5.41) is 7.73. The normalized spacial score (nSPS) is 10.4. The van der Waals surface area contributed by atoms with Gasteiger partial charge >= 0.3 is 5.97 Å². The summed E-state index contributed by atoms with van der Waals surface area (Å²) in [6.07, 6.45) is 0.166. The molecule has 3 aromatic rings. The molecule has 3 rings (SSSR count). The molecule has 0 atom stereocenters. The number of benzene rings is 1. The minimum absolute atomic E-state index is 0.166. The molecule has 2 amide bonds. The second-order valence-corrected chi connectivity index (χ2v) is 8.86. The first-order chi connectivity index (χ1) is 15.9. The number of thiophene rings is 2. The highest BCUT2D eigenvalue weighted by molar-refractivity contribution is 7.19. The summed E-state index contributed by atoms with van der Waals surface area (Å²) < 4.78 is 15.7. The van der Waals surface area contributed by atoms with Crippen LogP contribution in [0.3, 0.4) is 0 Å². The molecule has 174 valence electrons. The molecule has 0 bridgehead atoms. The van der Waals surface area contributed by atoms with Crippen molar-refractivity contribution in [1.82, 2.24) is 0 Å². The molecule has 0 radical (unpaired) electrons. The third-order valence-corrected chi connectivity index (χ3v) is 6.74. The van der Waals surface area contributed by atoms with E-state index in [0.29, 0.717) is 22.7 Å². The highest BCUT2D eigenvalue weighted by atomic mass is 32.1. The topological polar surface area (TPSA) is 103 Å². The molecular weight excluding hydrogens is 464 g/mol. The van der Waals surface area contributed by atoms with Gasteiger partial charge in [-0.25, -0.2) is 4.79 Å². The van der Waals surface area contributed by atoms with E-state index in [-0.39, 0.29) is 34.4 Å². The Labute approximate surface area is 199 Å². The maximum atomic E-state index is 13.1. The van der Waals surface area contributed by atoms with Crippen LogP contribution in [0.25, 0.3) is 0 Å². The molecule has 0 aliphatic carbocycles. The fraction of sp³-hybridized carbons (Fsp3) is 0.261. The molecule has 0 aliphatic rings. The van der Waals surface area contributed by atoms with Gasteiger partial charge in [0.15, 0.2) is 0 Å². The molecule has 33 heavy (non-hydrogen) atoms. The first-order valence-corrected chi connectivity index (χ1v) is 11.7. The molecule has 0 aliphatic heterocycles. The molecular formula is C23H24N2O6S2. The van der Waals surface area contributed by atoms with Crippen molar-refractivity contribution in [1.29, 1.82) is 0 Å². The predicted octanol–water partition coefficient (Wildman–Crippen LogP) is 4.75. The number of esters is 1. The summed E-state index contributed by atoms with van der Waals surface area (Å²) in [6.45, 7) is 3.51. The fourth-order valence-electron chi connectivity index (χ4n) is 3.10. The molecule has 10 heteroatoms. The molecule has 0 saturated carbocycles. The molecule has 0 spiro atoms. The lowest BCUT2D eigenvalue weighted by atomic mass is 10.1. The minimum Gasteiger partial charge on any atom is -0.497 e. The van der Waals surface area contributed by atoms with Gasteiger partial charge in [0.25, 0.3) is 5.91 Å². The van der Waals surface area contributed by atoms with E-state index in [1.807, 2.05) is 17.5 Å². The summed E-state index contributed by atoms with van der Waals surface area (Å²) in [5.41, 5.74) is 1.00. The molecule has 1 aromatic carbocycles. The Hall–Kier alpha value is -3.37. The highest BCUT2D eigenvalue weighted by Gasteiger charge is 2.27. The van der Waals surface area contributed by atoms with E-state index in [1.54, 1.807) is 32.0 Å². The summed E-state index contributed by atoms with van der Waals surface area (Å²) in [4.78, 5) is 39.5. The van der Waals surface area contributed by atoms with E-state index in [9.17, 15) is 14.4 Å². The zero-order valence-electron chi connectivity index (χ0n) is 18.6. The van der Waals surface area contributed by atoms with Crippen LogP contribution in [0.5, 0.6) is 11.5 Å². The summed E-state index contributed by atoms with van der Waals surface area (Å²) in [5.74, 6) is -0.342. The van der Waals surface area contributed by atoms with Gasteiger partial charge in [-0.3, -0.25) is 9.59 Å². The van der Waals surface area contributed by atoms with Crippen LogP contribution in [0.15, 0.2) is 35.7 Å². The van der Waals surface area contributed by atoms with Crippen molar-refractivity contribution in [3.8, 4) is 11.5 Å². The maximum absolute atomic E-state index is 13.1. The summed E-state index contributed by atoms with van der Waals surface area (Å²) in [7, 11) is 3.02. The van der Waals surface area contributed by atoms with Gasteiger partial charge in [0.1, 0.15) is 16.5 Å². The molecule has 0 saturated heterocycles. The van der Waals surface area contributed by atoms with Crippen molar-refractivity contribution in [2.75, 3.05) is 31.5 Å². The van der Waals surface area contributed by atoms with Crippen molar-refractivity contribution in [2.24, 2.45) is 0 Å². The fourth-order valence-corrected chi connectivity index (χ4v) is 4.91. The SMILES string of the molecule is CCOC(=O)c1c(NC(=O)Cc2cccs2)sc(C(=O)Nc2cc(OC)ccc2OC)c1C. The predicted molar refractivity (Wildman–Crippen MR) is 129 cm³/mol. The van der Waals surface area contributed by atoms with Crippen LogP contribution < -0.4 is 20.1 Å². The smallest absolute Gasteiger partial charge is 0.341 e. The number of hydrogen-bond donors (Lipinski definition) is 2. The monoisotopic (exact) mass is 488 g/mol. The van der Waals surface area contributed by atoms with E-state index in [4.69, 9.17) is 14.2 Å². The number of nitrogens with one attached hydrogen (secondary N) is 2. The van der Waals surface area contributed by atoms with Crippen molar-refractivity contribution in [3.63, 3.8) is 0 Å². The minimum atomic E-state index is -0.601. The molecule has 0 unspecified atom stereocenters. The summed E-state index contributed by atoms with van der Waals surface area (Å²) >= 11 is 2.48. The number of carbonyl (C=O) groups is 3. The van der Waals surface area contributed by atoms with Crippen LogP contribution in [0, 0.1) is 6.92 Å². The van der Waals surface area contributed by atoms with Gasteiger partial charge in [-0.2, -0.15) is 0 Å². The first-order valence-electron chi connectivity index (χ1n) is 10.0. The molecule has 8 nitrogen and oxygen atoms in total. The van der Waals surface area contributed by atoms with E-state index in [1.165, 1.54) is 25.6 Å². The lowest BCUT2D eigenvalue weighted by Gasteiger charge is -2.11. The number of carbonyl (C=O) groups excluding carboxylic acids is 3. The van der Waals surface area contributed by atoms with Gasteiger partial charge in [-0.1, -0.05) is 6.07 Å². The van der Waals surface area contributed by atoms with Crippen molar-refractivity contribution >= 4 is 51.1 Å². The lowest BCUT2D eigenvalue weighted by molar-refractivity contribution is -0.115. The van der Waals surface area contributed by atoms with Crippen LogP contribution >= 0.6 is 22.7 Å². The number of anilines is 2. The quantitative estimate of drug-likeness (QED) is 0.422. The standard InChI is InChI=1S/C23H24N2O6S2/c1-5-31-23(28)19-13(2)20(33-22(19)25-18(26)12-15-7-6-10-32-15)21(27)24-16-11-14(29-3)8-9-17(16)30-4/h6-11H,5,12H2,1-4H3,(H,24,27)(H,25,26). The van der Waals surface area contributed by atoms with Crippen LogP contribution in [-0.2, 0) is 16.0 Å². The van der Waals surface area contributed by atoms with Gasteiger partial charge in [0, 0.05) is 10.9 Å². The lowest BCUT2D eigenvalue weighted by Crippen LogP contribution is -2.16. The number of amides is 2. The Morgan fingerprint density at radius 1 is 1.06 bits per heavy atom. The Balaban J connectivity index is 1.91. The molecule has 2 aromatic heterocycles. The summed E-state index contributed by atoms with van der Waals surface area (Å²) in [6, 6.07) is 8.75. The Morgan fingerprint density at radius 2 is 1.85 bits per heavy atom. The average molecular weight is 489 g/mol. The zero-order chi connectivity index (χ0) is 24.0. The second-order valence-electron chi connectivity index (χ2n) is 6.81. The van der Waals surface area contributed by atoms with Gasteiger partial charge in [-0.05, 0) is 43.0 Å². The van der Waals surface area contributed by atoms with E-state index in [0.717, 1.165) is 16.2 Å². The number of rotatable bonds is 9. The third kappa shape index (κ3) is 5.71. The Bertz CT molecular complexity index is 1150. The van der Waals surface area contributed by atoms with Gasteiger partial charge in [-0.15, -0.1) is 22.7 Å². The van der Waals surface area contributed by atoms with Crippen LogP contribution in [-0.4, -0.2) is 38.6 Å². The number of hydrogen-bond acceptors (Lipinski definition) is 8. The Kier molecular flexibility index (Phi) is 8.07. The van der Waals surface area contributed by atoms with Crippen LogP contribution in [0.1, 0.15) is 37.4 Å².